The molecule has 1 fully saturated rings. The van der Waals surface area contributed by atoms with Gasteiger partial charge in [0.15, 0.2) is 5.78 Å². The number of hydrogen-bond donors (Lipinski definition) is 0. The first kappa shape index (κ1) is 15.0. The highest BCUT2D eigenvalue weighted by Crippen LogP contribution is 2.36. The van der Waals surface area contributed by atoms with Crippen molar-refractivity contribution in [2.75, 3.05) is 6.61 Å². The second-order valence-corrected chi connectivity index (χ2v) is 6.38. The van der Waals surface area contributed by atoms with Crippen LogP contribution in [0.5, 0.6) is 0 Å². The summed E-state index contributed by atoms with van der Waals surface area (Å²) in [4.78, 5) is 25.5. The molecule has 0 aromatic rings. The minimum absolute atomic E-state index is 0.112. The van der Waals surface area contributed by atoms with E-state index in [2.05, 4.69) is 0 Å². The molecule has 0 bridgehead atoms. The summed E-state index contributed by atoms with van der Waals surface area (Å²) in [6.07, 6.45) is -0.525. The lowest BCUT2D eigenvalue weighted by molar-refractivity contribution is -0.128. The van der Waals surface area contributed by atoms with Crippen LogP contribution < -0.4 is 0 Å². The van der Waals surface area contributed by atoms with Gasteiger partial charge in [0.2, 0.25) is 0 Å². The molecule has 5 heteroatoms. The van der Waals surface area contributed by atoms with Crippen LogP contribution in [0.2, 0.25) is 0 Å². The van der Waals surface area contributed by atoms with Crippen LogP contribution in [0.4, 0.5) is 4.79 Å². The molecular weight excluding hydrogens is 234 g/mol. The van der Waals surface area contributed by atoms with Crippen LogP contribution in [0, 0.1) is 0 Å². The molecule has 1 amide bonds. The van der Waals surface area contributed by atoms with Crippen molar-refractivity contribution >= 4 is 11.9 Å². The third-order valence-electron chi connectivity index (χ3n) is 3.07. The van der Waals surface area contributed by atoms with Gasteiger partial charge in [-0.25, -0.2) is 4.79 Å². The number of hydrogen-bond acceptors (Lipinski definition) is 4. The van der Waals surface area contributed by atoms with Crippen molar-refractivity contribution < 1.29 is 19.1 Å². The van der Waals surface area contributed by atoms with Crippen molar-refractivity contribution in [3.05, 3.63) is 0 Å². The minimum atomic E-state index is -0.966. The molecule has 0 saturated carbocycles. The molecule has 0 aromatic carbocycles. The van der Waals surface area contributed by atoms with E-state index in [1.54, 1.807) is 41.5 Å². The molecule has 1 saturated heterocycles. The van der Waals surface area contributed by atoms with Gasteiger partial charge < -0.3 is 9.47 Å². The van der Waals surface area contributed by atoms with Crippen LogP contribution in [-0.4, -0.2) is 40.2 Å². The van der Waals surface area contributed by atoms with Crippen molar-refractivity contribution in [1.82, 2.24) is 4.90 Å². The molecule has 0 radical (unpaired) electrons. The van der Waals surface area contributed by atoms with Gasteiger partial charge in [0.05, 0.1) is 6.61 Å². The summed E-state index contributed by atoms with van der Waals surface area (Å²) in [6.45, 7) is 12.2. The van der Waals surface area contributed by atoms with Gasteiger partial charge in [-0.05, 0) is 48.5 Å². The SMILES string of the molecule is CC(=O)[C@@]1(C)COC(C)(C)N1C(=O)OC(C)(C)C. The Morgan fingerprint density at radius 3 is 2.11 bits per heavy atom. The van der Waals surface area contributed by atoms with Gasteiger partial charge in [-0.1, -0.05) is 0 Å². The van der Waals surface area contributed by atoms with Crippen molar-refractivity contribution in [2.45, 2.75) is 65.3 Å². The quantitative estimate of drug-likeness (QED) is 0.723. The molecule has 0 aromatic heterocycles. The van der Waals surface area contributed by atoms with E-state index < -0.39 is 23.0 Å². The van der Waals surface area contributed by atoms with E-state index >= 15 is 0 Å². The van der Waals surface area contributed by atoms with Gasteiger partial charge >= 0.3 is 6.09 Å². The molecule has 0 unspecified atom stereocenters. The summed E-state index contributed by atoms with van der Waals surface area (Å²) in [5, 5.41) is 0. The Morgan fingerprint density at radius 2 is 1.72 bits per heavy atom. The first-order chi connectivity index (χ1) is 7.90. The van der Waals surface area contributed by atoms with Crippen LogP contribution in [0.15, 0.2) is 0 Å². The smallest absolute Gasteiger partial charge is 0.413 e. The van der Waals surface area contributed by atoms with Gasteiger partial charge in [0, 0.05) is 0 Å². The summed E-state index contributed by atoms with van der Waals surface area (Å²) in [6, 6.07) is 0. The largest absolute Gasteiger partial charge is 0.444 e. The predicted octanol–water partition coefficient (Wildman–Crippen LogP) is 2.34. The zero-order valence-electron chi connectivity index (χ0n) is 12.3. The second kappa shape index (κ2) is 4.23. The van der Waals surface area contributed by atoms with Crippen molar-refractivity contribution in [1.29, 1.82) is 0 Å². The third-order valence-corrected chi connectivity index (χ3v) is 3.07. The highest BCUT2D eigenvalue weighted by atomic mass is 16.6. The van der Waals surface area contributed by atoms with Crippen LogP contribution in [-0.2, 0) is 14.3 Å². The first-order valence-corrected chi connectivity index (χ1v) is 6.08. The number of ether oxygens (including phenoxy) is 2. The van der Waals surface area contributed by atoms with E-state index in [1.807, 2.05) is 0 Å². The van der Waals surface area contributed by atoms with E-state index in [4.69, 9.17) is 9.47 Å². The van der Waals surface area contributed by atoms with E-state index in [-0.39, 0.29) is 12.4 Å². The number of nitrogens with zero attached hydrogens (tertiary/aromatic N) is 1. The van der Waals surface area contributed by atoms with Gasteiger partial charge in [-0.15, -0.1) is 0 Å². The lowest BCUT2D eigenvalue weighted by atomic mass is 9.96. The molecule has 1 aliphatic heterocycles. The molecule has 5 nitrogen and oxygen atoms in total. The molecule has 0 spiro atoms. The van der Waals surface area contributed by atoms with E-state index in [9.17, 15) is 9.59 Å². The topological polar surface area (TPSA) is 55.8 Å². The highest BCUT2D eigenvalue weighted by Gasteiger charge is 2.55. The fraction of sp³-hybridized carbons (Fsp3) is 0.846. The first-order valence-electron chi connectivity index (χ1n) is 6.08. The van der Waals surface area contributed by atoms with Gasteiger partial charge in [0.1, 0.15) is 16.9 Å². The summed E-state index contributed by atoms with van der Waals surface area (Å²) in [5.41, 5.74) is -2.41. The Morgan fingerprint density at radius 1 is 1.22 bits per heavy atom. The zero-order valence-corrected chi connectivity index (χ0v) is 12.3. The Balaban J connectivity index is 3.07. The van der Waals surface area contributed by atoms with E-state index in [0.717, 1.165) is 0 Å². The predicted molar refractivity (Wildman–Crippen MR) is 67.2 cm³/mol. The molecule has 1 heterocycles. The molecule has 18 heavy (non-hydrogen) atoms. The van der Waals surface area contributed by atoms with Crippen molar-refractivity contribution in [3.63, 3.8) is 0 Å². The number of carbonyl (C=O) groups is 2. The van der Waals surface area contributed by atoms with Gasteiger partial charge in [-0.3, -0.25) is 9.69 Å². The number of Topliss-reactive ketones (excluding diaryl/α,β-unsaturated/α-hetero) is 1. The van der Waals surface area contributed by atoms with Gasteiger partial charge in [0.25, 0.3) is 0 Å². The summed E-state index contributed by atoms with van der Waals surface area (Å²) < 4.78 is 10.9. The van der Waals surface area contributed by atoms with Crippen molar-refractivity contribution in [2.24, 2.45) is 0 Å². The second-order valence-electron chi connectivity index (χ2n) is 6.38. The molecular formula is C13H23NO4. The molecule has 0 N–H and O–H groups in total. The molecule has 1 rings (SSSR count). The average Bonchev–Trinajstić information content (AvgIpc) is 2.35. The Hall–Kier alpha value is -1.10. The highest BCUT2D eigenvalue weighted by molar-refractivity contribution is 5.90. The molecule has 1 aliphatic rings. The fourth-order valence-corrected chi connectivity index (χ4v) is 2.03. The molecule has 1 atom stereocenters. The third kappa shape index (κ3) is 2.66. The normalized spacial score (nSPS) is 27.2. The maximum absolute atomic E-state index is 12.3. The van der Waals surface area contributed by atoms with Crippen molar-refractivity contribution in [3.8, 4) is 0 Å². The Bertz CT molecular complexity index is 370. The van der Waals surface area contributed by atoms with Crippen LogP contribution in [0.25, 0.3) is 0 Å². The van der Waals surface area contributed by atoms with E-state index in [0.29, 0.717) is 0 Å². The Kier molecular flexibility index (Phi) is 3.51. The molecule has 0 aliphatic carbocycles. The summed E-state index contributed by atoms with van der Waals surface area (Å²) in [7, 11) is 0. The average molecular weight is 257 g/mol. The maximum atomic E-state index is 12.3. The van der Waals surface area contributed by atoms with E-state index in [1.165, 1.54) is 11.8 Å². The fourth-order valence-electron chi connectivity index (χ4n) is 2.03. The van der Waals surface area contributed by atoms with Crippen LogP contribution >= 0.6 is 0 Å². The number of ketones is 1. The molecule has 104 valence electrons. The summed E-state index contributed by atoms with van der Waals surface area (Å²) in [5.74, 6) is -0.112. The maximum Gasteiger partial charge on any atom is 0.413 e. The number of carbonyl (C=O) groups excluding carboxylic acids is 2. The lowest BCUT2D eigenvalue weighted by Gasteiger charge is -2.38. The standard InChI is InChI=1S/C13H23NO4/c1-9(15)13(7)8-17-12(5,6)14(13)10(16)18-11(2,3)4/h8H2,1-7H3/t13-/m1/s1. The number of rotatable bonds is 1. The number of amides is 1. The zero-order chi connectivity index (χ0) is 14.4. The minimum Gasteiger partial charge on any atom is -0.444 e. The summed E-state index contributed by atoms with van der Waals surface area (Å²) >= 11 is 0. The van der Waals surface area contributed by atoms with Crippen LogP contribution in [0.1, 0.15) is 48.5 Å². The van der Waals surface area contributed by atoms with Crippen LogP contribution in [0.3, 0.4) is 0 Å². The lowest BCUT2D eigenvalue weighted by Crippen LogP contribution is -2.58. The van der Waals surface area contributed by atoms with Gasteiger partial charge in [-0.2, -0.15) is 0 Å². The monoisotopic (exact) mass is 257 g/mol. The Labute approximate surface area is 108 Å².